The van der Waals surface area contributed by atoms with E-state index < -0.39 is 32.6 Å². The number of benzene rings is 1. The van der Waals surface area contributed by atoms with Gasteiger partial charge in [-0.3, -0.25) is 14.9 Å². The number of hydrogen-bond acceptors (Lipinski definition) is 6. The Labute approximate surface area is 113 Å². The smallest absolute Gasteiger partial charge is 0.313 e. The molecule has 0 atom stereocenters. The molecule has 1 aromatic heterocycles. The normalized spacial score (nSPS) is 10.6. The minimum atomic E-state index is -1.09. The van der Waals surface area contributed by atoms with Crippen molar-refractivity contribution in [1.82, 2.24) is 4.98 Å². The summed E-state index contributed by atoms with van der Waals surface area (Å²) in [5.74, 6) is -0.949. The number of aromatic hydroxyl groups is 1. The molecule has 0 spiro atoms. The van der Waals surface area contributed by atoms with E-state index in [9.17, 15) is 24.9 Å². The lowest BCUT2D eigenvalue weighted by molar-refractivity contribution is -0.383. The predicted octanol–water partition coefficient (Wildman–Crippen LogP) is 2.85. The number of nitrogens with zero attached hydrogens (tertiary/aromatic N) is 2. The monoisotopic (exact) mass is 303 g/mol. The van der Waals surface area contributed by atoms with Crippen LogP contribution in [-0.2, 0) is 0 Å². The van der Waals surface area contributed by atoms with Crippen molar-refractivity contribution in [3.8, 4) is 5.75 Å². The lowest BCUT2D eigenvalue weighted by Gasteiger charge is -2.05. The Hall–Kier alpha value is -2.19. The zero-order valence-electron chi connectivity index (χ0n) is 8.81. The number of fused-ring (bicyclic) bond motifs is 1. The van der Waals surface area contributed by atoms with Crippen LogP contribution in [-0.4, -0.2) is 15.0 Å². The second kappa shape index (κ2) is 4.48. The minimum absolute atomic E-state index is 0.173. The fourth-order valence-corrected chi connectivity index (χ4v) is 2.01. The standard InChI is InChI=1S/C9H3Cl2N3O5/c10-3-1-2-5(7(4(3)11)14(18)19)12-9(16)8(15)6(2)13-17/h1,15H,(H,12,16). The second-order valence-electron chi connectivity index (χ2n) is 3.44. The fourth-order valence-electron chi connectivity index (χ4n) is 1.60. The maximum atomic E-state index is 11.4. The number of nitrogens with one attached hydrogen (secondary N) is 1. The van der Waals surface area contributed by atoms with Crippen molar-refractivity contribution in [3.63, 3.8) is 0 Å². The molecule has 98 valence electrons. The number of rotatable bonds is 2. The van der Waals surface area contributed by atoms with Gasteiger partial charge in [-0.1, -0.05) is 23.2 Å². The van der Waals surface area contributed by atoms with Gasteiger partial charge in [0.05, 0.1) is 9.95 Å². The van der Waals surface area contributed by atoms with Crippen LogP contribution in [0.15, 0.2) is 16.0 Å². The predicted molar refractivity (Wildman–Crippen MR) is 68.4 cm³/mol. The Balaban J connectivity index is 3.16. The number of halogens is 2. The van der Waals surface area contributed by atoms with Crippen LogP contribution in [0.5, 0.6) is 5.75 Å². The quantitative estimate of drug-likeness (QED) is 0.501. The zero-order chi connectivity index (χ0) is 14.3. The number of aromatic nitrogens is 1. The molecular formula is C9H3Cl2N3O5. The molecule has 2 N–H and O–H groups in total. The van der Waals surface area contributed by atoms with Gasteiger partial charge in [-0.2, -0.15) is 0 Å². The summed E-state index contributed by atoms with van der Waals surface area (Å²) in [6.07, 6.45) is 0. The van der Waals surface area contributed by atoms with Crippen molar-refractivity contribution in [2.24, 2.45) is 5.18 Å². The number of nitro benzene ring substituents is 1. The first-order valence-corrected chi connectivity index (χ1v) is 5.38. The van der Waals surface area contributed by atoms with Crippen molar-refractivity contribution < 1.29 is 10.0 Å². The van der Waals surface area contributed by atoms with Crippen LogP contribution in [0.25, 0.3) is 10.9 Å². The maximum absolute atomic E-state index is 11.4. The first-order valence-electron chi connectivity index (χ1n) is 4.63. The molecule has 0 saturated heterocycles. The van der Waals surface area contributed by atoms with Crippen LogP contribution in [0.3, 0.4) is 0 Å². The molecule has 0 radical (unpaired) electrons. The molecule has 19 heavy (non-hydrogen) atoms. The van der Waals surface area contributed by atoms with E-state index in [0.717, 1.165) is 6.07 Å². The Morgan fingerprint density at radius 2 is 2.05 bits per heavy atom. The van der Waals surface area contributed by atoms with Crippen molar-refractivity contribution in [2.75, 3.05) is 0 Å². The summed E-state index contributed by atoms with van der Waals surface area (Å²) in [6, 6.07) is 1.10. The van der Waals surface area contributed by atoms with Crippen LogP contribution in [0.2, 0.25) is 10.0 Å². The van der Waals surface area contributed by atoms with Gasteiger partial charge in [0, 0.05) is 5.39 Å². The summed E-state index contributed by atoms with van der Waals surface area (Å²) in [7, 11) is 0. The Morgan fingerprint density at radius 1 is 1.42 bits per heavy atom. The molecule has 0 bridgehead atoms. The van der Waals surface area contributed by atoms with Crippen molar-refractivity contribution in [2.45, 2.75) is 0 Å². The van der Waals surface area contributed by atoms with Crippen LogP contribution in [0.1, 0.15) is 0 Å². The highest BCUT2D eigenvalue weighted by Crippen LogP contribution is 2.42. The van der Waals surface area contributed by atoms with Gasteiger partial charge in [-0.15, -0.1) is 4.91 Å². The van der Waals surface area contributed by atoms with Crippen molar-refractivity contribution in [1.29, 1.82) is 0 Å². The molecule has 1 heterocycles. The van der Waals surface area contributed by atoms with E-state index >= 15 is 0 Å². The number of H-pyrrole nitrogens is 1. The highest BCUT2D eigenvalue weighted by atomic mass is 35.5. The van der Waals surface area contributed by atoms with Crippen molar-refractivity contribution >= 4 is 45.5 Å². The van der Waals surface area contributed by atoms with Crippen LogP contribution in [0, 0.1) is 15.0 Å². The first kappa shape index (κ1) is 13.2. The van der Waals surface area contributed by atoms with Crippen molar-refractivity contribution in [3.05, 3.63) is 41.5 Å². The summed E-state index contributed by atoms with van der Waals surface area (Å²) >= 11 is 11.4. The molecule has 1 aromatic carbocycles. The van der Waals surface area contributed by atoms with Gasteiger partial charge in [0.25, 0.3) is 5.56 Å². The number of nitro groups is 1. The van der Waals surface area contributed by atoms with E-state index in [1.54, 1.807) is 0 Å². The van der Waals surface area contributed by atoms with E-state index in [-0.39, 0.29) is 15.9 Å². The van der Waals surface area contributed by atoms with Gasteiger partial charge < -0.3 is 10.1 Å². The SMILES string of the molecule is O=Nc1c(O)c(=O)[nH]c2c([N+](=O)[O-])c(Cl)c(Cl)cc12. The Morgan fingerprint density at radius 3 is 2.58 bits per heavy atom. The number of pyridine rings is 1. The molecule has 0 aliphatic carbocycles. The van der Waals surface area contributed by atoms with Crippen LogP contribution >= 0.6 is 23.2 Å². The molecule has 2 aromatic rings. The number of hydrogen-bond donors (Lipinski definition) is 2. The van der Waals surface area contributed by atoms with Gasteiger partial charge in [-0.25, -0.2) is 0 Å². The second-order valence-corrected chi connectivity index (χ2v) is 4.23. The molecular weight excluding hydrogens is 301 g/mol. The van der Waals surface area contributed by atoms with E-state index in [2.05, 4.69) is 10.2 Å². The number of aromatic amines is 1. The van der Waals surface area contributed by atoms with Gasteiger partial charge in [-0.05, 0) is 11.2 Å². The summed E-state index contributed by atoms with van der Waals surface area (Å²) in [4.78, 5) is 34.2. The molecule has 10 heteroatoms. The number of nitroso groups, excluding NO2 is 1. The maximum Gasteiger partial charge on any atom is 0.313 e. The summed E-state index contributed by atoms with van der Waals surface area (Å²) in [6.45, 7) is 0. The molecule has 0 amide bonds. The highest BCUT2D eigenvalue weighted by Gasteiger charge is 2.25. The van der Waals surface area contributed by atoms with Gasteiger partial charge >= 0.3 is 5.69 Å². The van der Waals surface area contributed by atoms with Gasteiger partial charge in [0.2, 0.25) is 5.75 Å². The molecule has 0 aliphatic rings. The van der Waals surface area contributed by atoms with Gasteiger partial charge in [0.15, 0.2) is 5.69 Å². The Bertz CT molecular complexity index is 786. The molecule has 2 rings (SSSR count). The Kier molecular flexibility index (Phi) is 3.13. The summed E-state index contributed by atoms with van der Waals surface area (Å²) < 4.78 is 0. The first-order chi connectivity index (χ1) is 8.88. The largest absolute Gasteiger partial charge is 0.501 e. The van der Waals surface area contributed by atoms with Gasteiger partial charge in [0.1, 0.15) is 10.5 Å². The lowest BCUT2D eigenvalue weighted by atomic mass is 10.1. The third-order valence-electron chi connectivity index (χ3n) is 2.40. The molecule has 0 fully saturated rings. The molecule has 8 nitrogen and oxygen atoms in total. The fraction of sp³-hybridized carbons (Fsp3) is 0. The summed E-state index contributed by atoms with van der Waals surface area (Å²) in [5, 5.41) is 22.1. The topological polar surface area (TPSA) is 126 Å². The highest BCUT2D eigenvalue weighted by molar-refractivity contribution is 6.44. The average Bonchev–Trinajstić information content (AvgIpc) is 2.33. The third-order valence-corrected chi connectivity index (χ3v) is 3.18. The van der Waals surface area contributed by atoms with E-state index in [1.807, 2.05) is 0 Å². The molecule has 0 saturated carbocycles. The molecule has 0 unspecified atom stereocenters. The van der Waals surface area contributed by atoms with Crippen LogP contribution in [0.4, 0.5) is 11.4 Å². The van der Waals surface area contributed by atoms with Crippen LogP contribution < -0.4 is 5.56 Å². The van der Waals surface area contributed by atoms with E-state index in [0.29, 0.717) is 0 Å². The molecule has 0 aliphatic heterocycles. The lowest BCUT2D eigenvalue weighted by Crippen LogP contribution is -2.07. The average molecular weight is 304 g/mol. The summed E-state index contributed by atoms with van der Waals surface area (Å²) in [5.41, 5.74) is -2.74. The van der Waals surface area contributed by atoms with E-state index in [1.165, 1.54) is 0 Å². The zero-order valence-corrected chi connectivity index (χ0v) is 10.3. The third kappa shape index (κ3) is 1.90. The van der Waals surface area contributed by atoms with E-state index in [4.69, 9.17) is 23.2 Å². The minimum Gasteiger partial charge on any atom is -0.501 e.